The summed E-state index contributed by atoms with van der Waals surface area (Å²) in [5, 5.41) is 25.2. The molecule has 0 spiro atoms. The maximum atomic E-state index is 10.5. The molecule has 2 aromatic carbocycles. The fraction of sp³-hybridized carbons (Fsp3) is 0.111. The minimum absolute atomic E-state index is 0.0666. The van der Waals surface area contributed by atoms with E-state index in [4.69, 9.17) is 15.5 Å². The molecule has 0 saturated carbocycles. The molecular formula is C18H22N4O5S. The highest BCUT2D eigenvalue weighted by Gasteiger charge is 2.06. The molecule has 6 N–H and O–H groups in total. The van der Waals surface area contributed by atoms with Crippen LogP contribution in [0.25, 0.3) is 0 Å². The van der Waals surface area contributed by atoms with Crippen molar-refractivity contribution in [1.29, 1.82) is 0 Å². The third-order valence-corrected chi connectivity index (χ3v) is 4.18. The fourth-order valence-corrected chi connectivity index (χ4v) is 2.40. The van der Waals surface area contributed by atoms with Crippen molar-refractivity contribution in [3.63, 3.8) is 0 Å². The maximum absolute atomic E-state index is 10.5. The summed E-state index contributed by atoms with van der Waals surface area (Å²) in [7, 11) is -4.02. The monoisotopic (exact) mass is 406 g/mol. The molecule has 9 nitrogen and oxygen atoms in total. The summed E-state index contributed by atoms with van der Waals surface area (Å²) in [6.45, 7) is 5.45. The summed E-state index contributed by atoms with van der Waals surface area (Å²) in [6, 6.07) is 11.3. The van der Waals surface area contributed by atoms with Gasteiger partial charge in [-0.05, 0) is 37.1 Å². The van der Waals surface area contributed by atoms with E-state index < -0.39 is 10.1 Å². The highest BCUT2D eigenvalue weighted by molar-refractivity contribution is 7.85. The lowest BCUT2D eigenvalue weighted by molar-refractivity contribution is 0.232. The van der Waals surface area contributed by atoms with E-state index in [-0.39, 0.29) is 16.6 Å². The molecule has 0 aromatic heterocycles. The van der Waals surface area contributed by atoms with Crippen LogP contribution in [-0.4, -0.2) is 35.5 Å². The summed E-state index contributed by atoms with van der Waals surface area (Å²) in [5.41, 5.74) is 9.01. The van der Waals surface area contributed by atoms with Crippen LogP contribution < -0.4 is 11.2 Å². The number of phenolic OH excluding ortho intramolecular Hbond substituents is 1. The number of nitrogens with zero attached hydrogens (tertiary/aromatic N) is 2. The quantitative estimate of drug-likeness (QED) is 0.167. The molecule has 0 saturated heterocycles. The summed E-state index contributed by atoms with van der Waals surface area (Å²) < 4.78 is 29.6. The average molecular weight is 406 g/mol. The van der Waals surface area contributed by atoms with Crippen LogP contribution in [0.1, 0.15) is 16.7 Å². The minimum atomic E-state index is -4.02. The average Bonchev–Trinajstić information content (AvgIpc) is 2.65. The number of nitrogens with one attached hydrogen (secondary N) is 1. The Bertz CT molecular complexity index is 954. The Morgan fingerprint density at radius 1 is 1.25 bits per heavy atom. The highest BCUT2D eigenvalue weighted by Crippen LogP contribution is 2.21. The van der Waals surface area contributed by atoms with E-state index >= 15 is 0 Å². The van der Waals surface area contributed by atoms with Crippen molar-refractivity contribution in [2.75, 3.05) is 0 Å². The van der Waals surface area contributed by atoms with Gasteiger partial charge in [0.2, 0.25) is 5.96 Å². The first-order valence-corrected chi connectivity index (χ1v) is 9.35. The van der Waals surface area contributed by atoms with Crippen molar-refractivity contribution < 1.29 is 23.3 Å². The van der Waals surface area contributed by atoms with Crippen molar-refractivity contribution >= 4 is 22.3 Å². The predicted molar refractivity (Wildman–Crippen MR) is 107 cm³/mol. The number of hydrogen-bond donors (Lipinski definition) is 5. The lowest BCUT2D eigenvalue weighted by Gasteiger charge is -2.03. The zero-order valence-corrected chi connectivity index (χ0v) is 16.0. The first kappa shape index (κ1) is 22.8. The lowest BCUT2D eigenvalue weighted by Crippen LogP contribution is -2.27. The van der Waals surface area contributed by atoms with E-state index in [1.54, 1.807) is 41.9 Å². The van der Waals surface area contributed by atoms with Gasteiger partial charge in [-0.25, -0.2) is 5.48 Å². The first-order chi connectivity index (χ1) is 13.2. The molecule has 0 heterocycles. The molecule has 2 aromatic rings. The second kappa shape index (κ2) is 10.8. The first-order valence-electron chi connectivity index (χ1n) is 7.91. The number of nitrogens with two attached hydrogens (primary N) is 1. The molecule has 150 valence electrons. The van der Waals surface area contributed by atoms with Crippen molar-refractivity contribution in [3.05, 3.63) is 71.8 Å². The van der Waals surface area contributed by atoms with Crippen molar-refractivity contribution in [2.45, 2.75) is 18.2 Å². The highest BCUT2D eigenvalue weighted by atomic mass is 32.2. The van der Waals surface area contributed by atoms with Crippen molar-refractivity contribution in [3.8, 4) is 5.75 Å². The maximum Gasteiger partial charge on any atom is 0.294 e. The molecule has 28 heavy (non-hydrogen) atoms. The second-order valence-electron chi connectivity index (χ2n) is 5.48. The molecule has 0 aliphatic heterocycles. The molecule has 0 fully saturated rings. The van der Waals surface area contributed by atoms with Crippen LogP contribution in [0.15, 0.2) is 70.2 Å². The lowest BCUT2D eigenvalue weighted by atomic mass is 10.1. The molecule has 0 unspecified atom stereocenters. The van der Waals surface area contributed by atoms with Gasteiger partial charge in [0.05, 0.1) is 11.1 Å². The van der Waals surface area contributed by atoms with Gasteiger partial charge in [-0.15, -0.1) is 11.7 Å². The minimum Gasteiger partial charge on any atom is -0.507 e. The SMILES string of the molecule is C=CCc1cccc(C=N/N=C(\N)NO)c1O.Cc1ccc(S(=O)(=O)O)cc1. The van der Waals surface area contributed by atoms with Crippen LogP contribution in [0.4, 0.5) is 0 Å². The van der Waals surface area contributed by atoms with E-state index in [1.165, 1.54) is 18.3 Å². The largest absolute Gasteiger partial charge is 0.507 e. The van der Waals surface area contributed by atoms with Gasteiger partial charge in [0, 0.05) is 5.56 Å². The van der Waals surface area contributed by atoms with Crippen LogP contribution in [0.2, 0.25) is 0 Å². The molecule has 0 bridgehead atoms. The third kappa shape index (κ3) is 7.58. The van der Waals surface area contributed by atoms with Crippen LogP contribution in [0.3, 0.4) is 0 Å². The van der Waals surface area contributed by atoms with Gasteiger partial charge < -0.3 is 10.8 Å². The topological polar surface area (TPSA) is 158 Å². The summed E-state index contributed by atoms with van der Waals surface area (Å²) in [6.07, 6.45) is 3.60. The van der Waals surface area contributed by atoms with Gasteiger partial charge in [0.1, 0.15) is 5.75 Å². The van der Waals surface area contributed by atoms with Crippen molar-refractivity contribution in [1.82, 2.24) is 5.48 Å². The van der Waals surface area contributed by atoms with Gasteiger partial charge in [-0.1, -0.05) is 35.9 Å². The zero-order valence-electron chi connectivity index (χ0n) is 15.1. The number of aryl methyl sites for hydroxylation is 1. The standard InChI is InChI=1S/C11H14N4O2.C7H8O3S/c1-2-4-8-5-3-6-9(10(8)16)7-13-14-11(12)15-17;1-6-2-4-7(5-3-6)11(8,9)10/h2-3,5-7,16-17H,1,4H2,(H3,12,14,15);2-5H,1H3,(H,8,9,10). The molecule has 0 radical (unpaired) electrons. The van der Waals surface area contributed by atoms with Crippen LogP contribution >= 0.6 is 0 Å². The van der Waals surface area contributed by atoms with Gasteiger partial charge >= 0.3 is 0 Å². The number of aromatic hydroxyl groups is 1. The summed E-state index contributed by atoms with van der Waals surface area (Å²) >= 11 is 0. The van der Waals surface area contributed by atoms with Crippen LogP contribution in [-0.2, 0) is 16.5 Å². The Labute approximate surface area is 163 Å². The van der Waals surface area contributed by atoms with E-state index in [1.807, 2.05) is 6.92 Å². The fourth-order valence-electron chi connectivity index (χ4n) is 1.92. The Balaban J connectivity index is 0.000000307. The van der Waals surface area contributed by atoms with Gasteiger partial charge in [-0.2, -0.15) is 13.5 Å². The number of rotatable bonds is 5. The van der Waals surface area contributed by atoms with E-state index in [0.29, 0.717) is 12.0 Å². The van der Waals surface area contributed by atoms with Crippen molar-refractivity contribution in [2.24, 2.45) is 15.9 Å². The van der Waals surface area contributed by atoms with E-state index in [2.05, 4.69) is 16.8 Å². The number of benzene rings is 2. The molecule has 0 aliphatic carbocycles. The van der Waals surface area contributed by atoms with Gasteiger partial charge in [0.25, 0.3) is 10.1 Å². The molecule has 2 rings (SSSR count). The Morgan fingerprint density at radius 2 is 1.89 bits per heavy atom. The van der Waals surface area contributed by atoms with E-state index in [0.717, 1.165) is 11.1 Å². The number of guanidine groups is 1. The van der Waals surface area contributed by atoms with E-state index in [9.17, 15) is 13.5 Å². The summed E-state index contributed by atoms with van der Waals surface area (Å²) in [5.74, 6) is -0.107. The molecule has 0 aliphatic rings. The molecule has 0 amide bonds. The molecule has 0 atom stereocenters. The Morgan fingerprint density at radius 3 is 2.43 bits per heavy atom. The zero-order chi connectivity index (χ0) is 21.2. The molecular weight excluding hydrogens is 384 g/mol. The second-order valence-corrected chi connectivity index (χ2v) is 6.90. The Hall–Kier alpha value is -3.21. The smallest absolute Gasteiger partial charge is 0.294 e. The van der Waals surface area contributed by atoms with Gasteiger partial charge in [0.15, 0.2) is 0 Å². The number of para-hydroxylation sites is 1. The van der Waals surface area contributed by atoms with Crippen LogP contribution in [0.5, 0.6) is 5.75 Å². The number of hydroxylamine groups is 1. The third-order valence-electron chi connectivity index (χ3n) is 3.31. The normalized spacial score (nSPS) is 11.6. The Kier molecular flexibility index (Phi) is 8.82. The number of phenols is 1. The molecule has 10 heteroatoms. The predicted octanol–water partition coefficient (Wildman–Crippen LogP) is 1.99. The summed E-state index contributed by atoms with van der Waals surface area (Å²) in [4.78, 5) is -0.0666. The number of hydrogen-bond acceptors (Lipinski definition) is 6. The van der Waals surface area contributed by atoms with Crippen LogP contribution in [0, 0.1) is 6.92 Å². The van der Waals surface area contributed by atoms with Gasteiger partial charge in [-0.3, -0.25) is 9.76 Å². The number of allylic oxidation sites excluding steroid dienone is 1.